The predicted octanol–water partition coefficient (Wildman–Crippen LogP) is 4.23. The van der Waals surface area contributed by atoms with Gasteiger partial charge in [-0.25, -0.2) is 4.98 Å². The van der Waals surface area contributed by atoms with Crippen LogP contribution in [0.25, 0.3) is 11.0 Å². The summed E-state index contributed by atoms with van der Waals surface area (Å²) in [5.74, 6) is -0.0267. The lowest BCUT2D eigenvalue weighted by atomic mass is 10.2. The Morgan fingerprint density at radius 3 is 2.80 bits per heavy atom. The van der Waals surface area contributed by atoms with Crippen LogP contribution in [0.15, 0.2) is 23.4 Å². The van der Waals surface area contributed by atoms with Crippen LogP contribution in [0.1, 0.15) is 20.8 Å². The summed E-state index contributed by atoms with van der Waals surface area (Å²) in [6.07, 6.45) is 0. The lowest BCUT2D eigenvalue weighted by Crippen LogP contribution is -2.24. The average molecular weight is 380 g/mol. The smallest absolute Gasteiger partial charge is 0.316 e. The van der Waals surface area contributed by atoms with E-state index < -0.39 is 5.60 Å². The minimum absolute atomic E-state index is 0. The molecule has 0 fully saturated rings. The van der Waals surface area contributed by atoms with Gasteiger partial charge in [0.25, 0.3) is 0 Å². The SMILES string of the molecule is Br.CC(C)(C)OC(=O)CSc1nc2ccc(Cl)cc2[nH]1. The monoisotopic (exact) mass is 378 g/mol. The minimum Gasteiger partial charge on any atom is -0.459 e. The van der Waals surface area contributed by atoms with Crippen LogP contribution < -0.4 is 0 Å². The standard InChI is InChI=1S/C13H15ClN2O2S.BrH/c1-13(2,3)18-11(17)7-19-12-15-9-5-4-8(14)6-10(9)16-12;/h4-6H,7H2,1-3H3,(H,15,16);1H. The van der Waals surface area contributed by atoms with Crippen molar-refractivity contribution >= 4 is 57.3 Å². The Morgan fingerprint density at radius 1 is 1.45 bits per heavy atom. The minimum atomic E-state index is -0.459. The van der Waals surface area contributed by atoms with E-state index in [2.05, 4.69) is 9.97 Å². The second-order valence-electron chi connectivity index (χ2n) is 5.08. The zero-order valence-corrected chi connectivity index (χ0v) is 14.7. The van der Waals surface area contributed by atoms with Crippen molar-refractivity contribution in [3.63, 3.8) is 0 Å². The van der Waals surface area contributed by atoms with E-state index in [0.29, 0.717) is 10.2 Å². The number of aromatic amines is 1. The number of thioether (sulfide) groups is 1. The molecule has 1 N–H and O–H groups in total. The lowest BCUT2D eigenvalue weighted by Gasteiger charge is -2.18. The summed E-state index contributed by atoms with van der Waals surface area (Å²) in [6.45, 7) is 5.54. The van der Waals surface area contributed by atoms with E-state index in [1.165, 1.54) is 11.8 Å². The number of carbonyl (C=O) groups is 1. The third-order valence-corrected chi connectivity index (χ3v) is 3.25. The highest BCUT2D eigenvalue weighted by Gasteiger charge is 2.16. The number of nitrogens with zero attached hydrogens (tertiary/aromatic N) is 1. The van der Waals surface area contributed by atoms with E-state index in [1.807, 2.05) is 26.8 Å². The molecule has 0 aliphatic rings. The molecule has 0 amide bonds. The molecule has 0 spiro atoms. The number of aromatic nitrogens is 2. The zero-order chi connectivity index (χ0) is 14.0. The van der Waals surface area contributed by atoms with Crippen molar-refractivity contribution in [2.75, 3.05) is 5.75 Å². The number of ether oxygens (including phenoxy) is 1. The van der Waals surface area contributed by atoms with Crippen LogP contribution in [-0.4, -0.2) is 27.3 Å². The Labute approximate surface area is 137 Å². The maximum atomic E-state index is 11.6. The van der Waals surface area contributed by atoms with Gasteiger partial charge in [-0.05, 0) is 39.0 Å². The number of rotatable bonds is 3. The van der Waals surface area contributed by atoms with E-state index in [9.17, 15) is 4.79 Å². The number of H-pyrrole nitrogens is 1. The highest BCUT2D eigenvalue weighted by Crippen LogP contribution is 2.22. The summed E-state index contributed by atoms with van der Waals surface area (Å²) in [4.78, 5) is 19.1. The van der Waals surface area contributed by atoms with Gasteiger partial charge in [0.05, 0.1) is 16.8 Å². The Kier molecular flexibility index (Phi) is 5.91. The third kappa shape index (κ3) is 5.00. The van der Waals surface area contributed by atoms with Crippen molar-refractivity contribution in [3.05, 3.63) is 23.2 Å². The van der Waals surface area contributed by atoms with E-state index in [4.69, 9.17) is 16.3 Å². The number of nitrogens with one attached hydrogen (secondary N) is 1. The van der Waals surface area contributed by atoms with Gasteiger partial charge < -0.3 is 9.72 Å². The number of hydrogen-bond donors (Lipinski definition) is 1. The summed E-state index contributed by atoms with van der Waals surface area (Å²) >= 11 is 7.22. The van der Waals surface area contributed by atoms with Gasteiger partial charge in [-0.3, -0.25) is 4.79 Å². The van der Waals surface area contributed by atoms with Crippen molar-refractivity contribution in [2.24, 2.45) is 0 Å². The topological polar surface area (TPSA) is 55.0 Å². The molecule has 0 unspecified atom stereocenters. The summed E-state index contributed by atoms with van der Waals surface area (Å²) in [5.41, 5.74) is 1.23. The summed E-state index contributed by atoms with van der Waals surface area (Å²) < 4.78 is 5.23. The van der Waals surface area contributed by atoms with Crippen LogP contribution in [-0.2, 0) is 9.53 Å². The molecule has 0 radical (unpaired) electrons. The van der Waals surface area contributed by atoms with Crippen LogP contribution >= 0.6 is 40.3 Å². The Bertz CT molecular complexity index is 610. The number of carbonyl (C=O) groups excluding carboxylic acids is 1. The fourth-order valence-electron chi connectivity index (χ4n) is 1.53. The van der Waals surface area contributed by atoms with E-state index in [0.717, 1.165) is 11.0 Å². The number of benzene rings is 1. The molecule has 7 heteroatoms. The highest BCUT2D eigenvalue weighted by atomic mass is 79.9. The van der Waals surface area contributed by atoms with E-state index in [1.54, 1.807) is 12.1 Å². The second-order valence-corrected chi connectivity index (χ2v) is 6.48. The molecular weight excluding hydrogens is 364 g/mol. The maximum absolute atomic E-state index is 11.6. The first-order valence-electron chi connectivity index (χ1n) is 5.83. The number of fused-ring (bicyclic) bond motifs is 1. The van der Waals surface area contributed by atoms with Crippen LogP contribution in [0.3, 0.4) is 0 Å². The first-order chi connectivity index (χ1) is 8.83. The Balaban J connectivity index is 0.00000200. The quantitative estimate of drug-likeness (QED) is 0.640. The molecule has 1 aromatic carbocycles. The van der Waals surface area contributed by atoms with Gasteiger partial charge in [-0.15, -0.1) is 17.0 Å². The van der Waals surface area contributed by atoms with E-state index in [-0.39, 0.29) is 28.7 Å². The van der Waals surface area contributed by atoms with Gasteiger partial charge in [0.15, 0.2) is 5.16 Å². The van der Waals surface area contributed by atoms with Gasteiger partial charge in [0.1, 0.15) is 5.60 Å². The number of imidazole rings is 1. The molecule has 20 heavy (non-hydrogen) atoms. The predicted molar refractivity (Wildman–Crippen MR) is 88.0 cm³/mol. The van der Waals surface area contributed by atoms with Gasteiger partial charge in [-0.1, -0.05) is 23.4 Å². The molecule has 2 rings (SSSR count). The lowest BCUT2D eigenvalue weighted by molar-refractivity contribution is -0.151. The van der Waals surface area contributed by atoms with Gasteiger partial charge in [0, 0.05) is 5.02 Å². The molecule has 0 bridgehead atoms. The summed E-state index contributed by atoms with van der Waals surface area (Å²) in [6, 6.07) is 5.43. The van der Waals surface area contributed by atoms with Crippen molar-refractivity contribution in [1.82, 2.24) is 9.97 Å². The van der Waals surface area contributed by atoms with Crippen molar-refractivity contribution < 1.29 is 9.53 Å². The molecule has 110 valence electrons. The number of hydrogen-bond acceptors (Lipinski definition) is 4. The molecule has 2 aromatic rings. The largest absolute Gasteiger partial charge is 0.459 e. The van der Waals surface area contributed by atoms with Crippen molar-refractivity contribution in [2.45, 2.75) is 31.5 Å². The fraction of sp³-hybridized carbons (Fsp3) is 0.385. The molecule has 0 saturated carbocycles. The van der Waals surface area contributed by atoms with Crippen LogP contribution in [0.5, 0.6) is 0 Å². The van der Waals surface area contributed by atoms with Crippen LogP contribution in [0.4, 0.5) is 0 Å². The molecule has 0 aliphatic heterocycles. The molecule has 4 nitrogen and oxygen atoms in total. The maximum Gasteiger partial charge on any atom is 0.316 e. The zero-order valence-electron chi connectivity index (χ0n) is 11.4. The molecular formula is C13H16BrClN2O2S. The van der Waals surface area contributed by atoms with Gasteiger partial charge in [-0.2, -0.15) is 0 Å². The molecule has 0 saturated heterocycles. The van der Waals surface area contributed by atoms with Crippen molar-refractivity contribution in [1.29, 1.82) is 0 Å². The second kappa shape index (κ2) is 6.83. The first kappa shape index (κ1) is 17.3. The molecule has 1 heterocycles. The number of esters is 1. The Hall–Kier alpha value is -0.720. The van der Waals surface area contributed by atoms with Crippen LogP contribution in [0.2, 0.25) is 5.02 Å². The molecule has 0 aliphatic carbocycles. The fourth-order valence-corrected chi connectivity index (χ4v) is 2.36. The highest BCUT2D eigenvalue weighted by molar-refractivity contribution is 8.93. The summed E-state index contributed by atoms with van der Waals surface area (Å²) in [5, 5.41) is 1.34. The van der Waals surface area contributed by atoms with Crippen molar-refractivity contribution in [3.8, 4) is 0 Å². The van der Waals surface area contributed by atoms with Gasteiger partial charge >= 0.3 is 5.97 Å². The van der Waals surface area contributed by atoms with Gasteiger partial charge in [0.2, 0.25) is 0 Å². The average Bonchev–Trinajstić information content (AvgIpc) is 2.66. The third-order valence-electron chi connectivity index (χ3n) is 2.17. The molecule has 0 atom stereocenters. The Morgan fingerprint density at radius 2 is 2.15 bits per heavy atom. The molecule has 1 aromatic heterocycles. The van der Waals surface area contributed by atoms with Crippen LogP contribution in [0, 0.1) is 0 Å². The normalized spacial score (nSPS) is 11.2. The number of halogens is 2. The van der Waals surface area contributed by atoms with E-state index >= 15 is 0 Å². The first-order valence-corrected chi connectivity index (χ1v) is 7.20. The summed E-state index contributed by atoms with van der Waals surface area (Å²) in [7, 11) is 0.